The van der Waals surface area contributed by atoms with E-state index in [2.05, 4.69) is 15.3 Å². The van der Waals surface area contributed by atoms with Gasteiger partial charge in [0.15, 0.2) is 11.5 Å². The lowest BCUT2D eigenvalue weighted by atomic mass is 9.90. The van der Waals surface area contributed by atoms with Crippen molar-refractivity contribution in [3.63, 3.8) is 0 Å². The van der Waals surface area contributed by atoms with E-state index in [1.54, 1.807) is 6.20 Å². The molecule has 1 fully saturated rings. The Morgan fingerprint density at radius 3 is 2.37 bits per heavy atom. The average Bonchev–Trinajstić information content (AvgIpc) is 3.25. The van der Waals surface area contributed by atoms with Crippen molar-refractivity contribution in [2.75, 3.05) is 11.9 Å². The first-order chi connectivity index (χ1) is 14.9. The number of imidazole rings is 1. The first kappa shape index (κ1) is 20.8. The molecule has 0 atom stereocenters. The Labute approximate surface area is 180 Å². The maximum atomic E-state index is 4.88. The predicted octanol–water partition coefficient (Wildman–Crippen LogP) is 6.51. The molecule has 160 valence electrons. The second-order valence-corrected chi connectivity index (χ2v) is 8.72. The summed E-state index contributed by atoms with van der Waals surface area (Å²) < 4.78 is 2.05. The Balaban J connectivity index is 1.39. The predicted molar refractivity (Wildman–Crippen MR) is 124 cm³/mol. The number of rotatable bonds is 5. The maximum absolute atomic E-state index is 4.88. The van der Waals surface area contributed by atoms with Gasteiger partial charge in [-0.15, -0.1) is 0 Å². The van der Waals surface area contributed by atoms with Crippen molar-refractivity contribution in [1.29, 1.82) is 0 Å². The Morgan fingerprint density at radius 1 is 0.933 bits per heavy atom. The minimum absolute atomic E-state index is 0.828. The second kappa shape index (κ2) is 11.1. The third-order valence-corrected chi connectivity index (χ3v) is 6.40. The molecule has 1 N–H and O–H groups in total. The van der Waals surface area contributed by atoms with Crippen LogP contribution in [-0.2, 0) is 0 Å². The molecule has 0 radical (unpaired) electrons. The van der Waals surface area contributed by atoms with Gasteiger partial charge in [-0.1, -0.05) is 70.6 Å². The smallest absolute Gasteiger partial charge is 0.180 e. The molecule has 0 amide bonds. The fraction of sp³-hybridized carbons (Fsp3) is 0.560. The number of aromatic nitrogens is 4. The highest BCUT2D eigenvalue weighted by Gasteiger charge is 2.12. The summed E-state index contributed by atoms with van der Waals surface area (Å²) in [5, 5.41) is 3.60. The van der Waals surface area contributed by atoms with Crippen LogP contribution in [0.2, 0.25) is 0 Å². The molecule has 1 aliphatic carbocycles. The summed E-state index contributed by atoms with van der Waals surface area (Å²) in [6.45, 7) is 0.955. The molecular formula is C25H35N5. The summed E-state index contributed by atoms with van der Waals surface area (Å²) in [6, 6.07) is 4.00. The summed E-state index contributed by atoms with van der Waals surface area (Å²) in [5.74, 6) is 1.70. The average molecular weight is 406 g/mol. The van der Waals surface area contributed by atoms with Crippen molar-refractivity contribution in [3.05, 3.63) is 43.1 Å². The summed E-state index contributed by atoms with van der Waals surface area (Å²) in [7, 11) is 0. The van der Waals surface area contributed by atoms with Crippen LogP contribution in [-0.4, -0.2) is 25.9 Å². The number of anilines is 1. The van der Waals surface area contributed by atoms with Crippen LogP contribution in [0.15, 0.2) is 43.1 Å². The molecule has 0 bridgehead atoms. The van der Waals surface area contributed by atoms with Crippen LogP contribution < -0.4 is 5.32 Å². The molecule has 30 heavy (non-hydrogen) atoms. The summed E-state index contributed by atoms with van der Waals surface area (Å²) in [6.07, 6.45) is 26.2. The van der Waals surface area contributed by atoms with Crippen LogP contribution >= 0.6 is 0 Å². The topological polar surface area (TPSA) is 55.1 Å². The first-order valence-corrected chi connectivity index (χ1v) is 11.9. The van der Waals surface area contributed by atoms with Gasteiger partial charge in [0.05, 0.1) is 5.69 Å². The zero-order valence-corrected chi connectivity index (χ0v) is 18.1. The van der Waals surface area contributed by atoms with Gasteiger partial charge in [0.25, 0.3) is 0 Å². The molecule has 0 aromatic carbocycles. The van der Waals surface area contributed by atoms with Gasteiger partial charge in [0, 0.05) is 43.1 Å². The summed E-state index contributed by atoms with van der Waals surface area (Å²) in [4.78, 5) is 13.6. The van der Waals surface area contributed by atoms with Gasteiger partial charge in [-0.2, -0.15) is 0 Å². The van der Waals surface area contributed by atoms with E-state index in [9.17, 15) is 0 Å². The lowest BCUT2D eigenvalue weighted by Crippen LogP contribution is -2.12. The zero-order valence-electron chi connectivity index (χ0n) is 18.1. The third-order valence-electron chi connectivity index (χ3n) is 6.40. The van der Waals surface area contributed by atoms with E-state index >= 15 is 0 Å². The van der Waals surface area contributed by atoms with Gasteiger partial charge in [-0.3, -0.25) is 4.98 Å². The Bertz CT molecular complexity index is 877. The molecule has 5 nitrogen and oxygen atoms in total. The Kier molecular flexibility index (Phi) is 7.70. The monoisotopic (exact) mass is 405 g/mol. The summed E-state index contributed by atoms with van der Waals surface area (Å²) >= 11 is 0. The molecule has 1 aliphatic rings. The minimum Gasteiger partial charge on any atom is -0.367 e. The second-order valence-electron chi connectivity index (χ2n) is 8.72. The fourth-order valence-corrected chi connectivity index (χ4v) is 4.63. The van der Waals surface area contributed by atoms with Gasteiger partial charge in [0.2, 0.25) is 0 Å². The molecule has 0 aliphatic heterocycles. The minimum atomic E-state index is 0.828. The molecule has 1 saturated carbocycles. The molecular weight excluding hydrogens is 370 g/mol. The van der Waals surface area contributed by atoms with Crippen molar-refractivity contribution < 1.29 is 0 Å². The molecule has 4 rings (SSSR count). The van der Waals surface area contributed by atoms with Gasteiger partial charge >= 0.3 is 0 Å². The van der Waals surface area contributed by atoms with Gasteiger partial charge in [-0.25, -0.2) is 9.97 Å². The van der Waals surface area contributed by atoms with E-state index in [4.69, 9.17) is 4.98 Å². The Morgan fingerprint density at radius 2 is 1.67 bits per heavy atom. The zero-order chi connectivity index (χ0) is 20.4. The number of nitrogens with one attached hydrogen (secondary N) is 1. The number of pyridine rings is 1. The summed E-state index contributed by atoms with van der Waals surface area (Å²) in [5.41, 5.74) is 2.83. The molecule has 5 heteroatoms. The van der Waals surface area contributed by atoms with Crippen LogP contribution in [0, 0.1) is 5.92 Å². The van der Waals surface area contributed by atoms with Gasteiger partial charge < -0.3 is 9.72 Å². The maximum Gasteiger partial charge on any atom is 0.180 e. The molecule has 0 spiro atoms. The van der Waals surface area contributed by atoms with E-state index in [-0.39, 0.29) is 0 Å². The van der Waals surface area contributed by atoms with E-state index in [1.165, 1.54) is 77.0 Å². The third kappa shape index (κ3) is 5.80. The van der Waals surface area contributed by atoms with Crippen molar-refractivity contribution in [2.45, 2.75) is 77.0 Å². The number of nitrogens with zero attached hydrogens (tertiary/aromatic N) is 4. The van der Waals surface area contributed by atoms with E-state index < -0.39 is 0 Å². The largest absolute Gasteiger partial charge is 0.367 e. The van der Waals surface area contributed by atoms with Crippen LogP contribution in [0.1, 0.15) is 77.0 Å². The van der Waals surface area contributed by atoms with E-state index in [0.717, 1.165) is 35.2 Å². The highest BCUT2D eigenvalue weighted by atomic mass is 15.1. The molecule has 0 unspecified atom stereocenters. The molecule has 3 aromatic heterocycles. The highest BCUT2D eigenvalue weighted by Crippen LogP contribution is 2.25. The molecule has 0 saturated heterocycles. The standard InChI is InChI=1S/C25H35N5/c1-2-4-6-8-11-21(12-9-7-5-3-1)14-16-27-24-25-28-17-18-30(25)20-23(29-24)22-13-10-15-26-19-22/h10,13,15,17-21H,1-9,11-12,14,16H2,(H,27,29). The number of fused-ring (bicyclic) bond motifs is 1. The molecule has 3 heterocycles. The van der Waals surface area contributed by atoms with Crippen molar-refractivity contribution in [2.24, 2.45) is 5.92 Å². The molecule has 3 aromatic rings. The van der Waals surface area contributed by atoms with Crippen LogP contribution in [0.4, 0.5) is 5.82 Å². The fourth-order valence-electron chi connectivity index (χ4n) is 4.63. The van der Waals surface area contributed by atoms with Crippen molar-refractivity contribution in [1.82, 2.24) is 19.4 Å². The van der Waals surface area contributed by atoms with E-state index in [1.807, 2.05) is 41.3 Å². The Hall–Kier alpha value is -2.43. The number of hydrogen-bond donors (Lipinski definition) is 1. The van der Waals surface area contributed by atoms with Crippen molar-refractivity contribution >= 4 is 11.5 Å². The van der Waals surface area contributed by atoms with Crippen LogP contribution in [0.25, 0.3) is 16.9 Å². The van der Waals surface area contributed by atoms with Crippen molar-refractivity contribution in [3.8, 4) is 11.3 Å². The normalized spacial score (nSPS) is 17.3. The number of hydrogen-bond acceptors (Lipinski definition) is 4. The first-order valence-electron chi connectivity index (χ1n) is 11.9. The van der Waals surface area contributed by atoms with Crippen LogP contribution in [0.5, 0.6) is 0 Å². The highest BCUT2D eigenvalue weighted by molar-refractivity contribution is 5.68. The van der Waals surface area contributed by atoms with Crippen LogP contribution in [0.3, 0.4) is 0 Å². The lowest BCUT2D eigenvalue weighted by Gasteiger charge is -2.18. The van der Waals surface area contributed by atoms with E-state index in [0.29, 0.717) is 0 Å². The van der Waals surface area contributed by atoms with Gasteiger partial charge in [-0.05, 0) is 24.5 Å². The quantitative estimate of drug-likeness (QED) is 0.525. The lowest BCUT2D eigenvalue weighted by molar-refractivity contribution is 0.381. The van der Waals surface area contributed by atoms with Gasteiger partial charge in [0.1, 0.15) is 0 Å². The SMILES string of the molecule is c1cncc(-c2cn3ccnc3c(NCCC3CCCCCCCCCCC3)n2)c1.